The second-order valence-corrected chi connectivity index (χ2v) is 2.42. The number of aliphatic hydroxyl groups is 1. The molecule has 0 saturated heterocycles. The van der Waals surface area contributed by atoms with Gasteiger partial charge in [0.15, 0.2) is 12.0 Å². The van der Waals surface area contributed by atoms with E-state index in [0.717, 1.165) is 5.56 Å². The molecule has 0 radical (unpaired) electrons. The smallest absolute Gasteiger partial charge is 0.193 e. The molecule has 0 aliphatic heterocycles. The maximum atomic E-state index is 10.2. The average molecular weight is 178 g/mol. The van der Waals surface area contributed by atoms with E-state index in [9.17, 15) is 4.79 Å². The standard InChI is InChI=1S/C10H10O3/c11-6-10(7-12)13-8-9-4-2-1-3-5-9/h1-7,11H,8H2/b10-6+. The van der Waals surface area contributed by atoms with E-state index in [-0.39, 0.29) is 12.4 Å². The Morgan fingerprint density at radius 1 is 1.38 bits per heavy atom. The first-order valence-corrected chi connectivity index (χ1v) is 3.83. The van der Waals surface area contributed by atoms with Crippen LogP contribution in [0, 0.1) is 0 Å². The van der Waals surface area contributed by atoms with Crippen molar-refractivity contribution in [2.75, 3.05) is 0 Å². The first-order chi connectivity index (χ1) is 6.36. The summed E-state index contributed by atoms with van der Waals surface area (Å²) in [5.41, 5.74) is 0.948. The summed E-state index contributed by atoms with van der Waals surface area (Å²) < 4.78 is 4.97. The lowest BCUT2D eigenvalue weighted by molar-refractivity contribution is -0.108. The van der Waals surface area contributed by atoms with Crippen molar-refractivity contribution < 1.29 is 14.6 Å². The van der Waals surface area contributed by atoms with Gasteiger partial charge in [0.2, 0.25) is 0 Å². The molecule has 0 fully saturated rings. The van der Waals surface area contributed by atoms with Crippen molar-refractivity contribution in [2.24, 2.45) is 0 Å². The van der Waals surface area contributed by atoms with Gasteiger partial charge < -0.3 is 9.84 Å². The van der Waals surface area contributed by atoms with Crippen molar-refractivity contribution in [3.63, 3.8) is 0 Å². The van der Waals surface area contributed by atoms with Crippen molar-refractivity contribution in [1.82, 2.24) is 0 Å². The van der Waals surface area contributed by atoms with Crippen LogP contribution in [0.4, 0.5) is 0 Å². The van der Waals surface area contributed by atoms with Crippen LogP contribution >= 0.6 is 0 Å². The number of ether oxygens (including phenoxy) is 1. The van der Waals surface area contributed by atoms with E-state index in [1.165, 1.54) is 0 Å². The summed E-state index contributed by atoms with van der Waals surface area (Å²) in [4.78, 5) is 10.2. The molecule has 0 amide bonds. The minimum atomic E-state index is -0.0659. The Bertz CT molecular complexity index is 290. The van der Waals surface area contributed by atoms with Crippen LogP contribution in [0.2, 0.25) is 0 Å². The summed E-state index contributed by atoms with van der Waals surface area (Å²) in [6.45, 7) is 0.284. The minimum absolute atomic E-state index is 0.0659. The zero-order valence-corrected chi connectivity index (χ0v) is 7.01. The van der Waals surface area contributed by atoms with Crippen molar-refractivity contribution in [3.05, 3.63) is 47.9 Å². The molecule has 13 heavy (non-hydrogen) atoms. The molecule has 3 nitrogen and oxygen atoms in total. The SMILES string of the molecule is O=C/C(=C\O)OCc1ccccc1. The summed E-state index contributed by atoms with van der Waals surface area (Å²) in [5.74, 6) is -0.0659. The quantitative estimate of drug-likeness (QED) is 0.434. The largest absolute Gasteiger partial charge is 0.512 e. The number of hydrogen-bond donors (Lipinski definition) is 1. The van der Waals surface area contributed by atoms with Gasteiger partial charge in [0.1, 0.15) is 12.9 Å². The average Bonchev–Trinajstić information content (AvgIpc) is 2.21. The molecule has 3 heteroatoms. The topological polar surface area (TPSA) is 46.5 Å². The van der Waals surface area contributed by atoms with Crippen LogP contribution in [0.5, 0.6) is 0 Å². The highest BCUT2D eigenvalue weighted by atomic mass is 16.5. The molecule has 1 aromatic carbocycles. The zero-order chi connectivity index (χ0) is 9.52. The molecule has 68 valence electrons. The molecule has 1 rings (SSSR count). The molecule has 0 atom stereocenters. The van der Waals surface area contributed by atoms with Gasteiger partial charge in [-0.1, -0.05) is 30.3 Å². The van der Waals surface area contributed by atoms with Gasteiger partial charge in [-0.05, 0) is 5.56 Å². The van der Waals surface area contributed by atoms with Gasteiger partial charge in [0, 0.05) is 0 Å². The number of carbonyl (C=O) groups is 1. The number of hydrogen-bond acceptors (Lipinski definition) is 3. The fourth-order valence-electron chi connectivity index (χ4n) is 0.843. The van der Waals surface area contributed by atoms with Crippen LogP contribution in [-0.4, -0.2) is 11.4 Å². The van der Waals surface area contributed by atoms with E-state index in [1.54, 1.807) is 0 Å². The van der Waals surface area contributed by atoms with Crippen LogP contribution in [0.1, 0.15) is 5.56 Å². The van der Waals surface area contributed by atoms with Crippen molar-refractivity contribution >= 4 is 6.29 Å². The third-order valence-corrected chi connectivity index (χ3v) is 1.49. The highest BCUT2D eigenvalue weighted by molar-refractivity contribution is 5.69. The maximum absolute atomic E-state index is 10.2. The van der Waals surface area contributed by atoms with Gasteiger partial charge in [0.25, 0.3) is 0 Å². The number of benzene rings is 1. The normalized spacial score (nSPS) is 10.9. The molecular weight excluding hydrogens is 168 g/mol. The van der Waals surface area contributed by atoms with E-state index in [2.05, 4.69) is 0 Å². The zero-order valence-electron chi connectivity index (χ0n) is 7.01. The number of aldehydes is 1. The fourth-order valence-corrected chi connectivity index (χ4v) is 0.843. The molecule has 1 N–H and O–H groups in total. The number of allylic oxidation sites excluding steroid dienone is 1. The van der Waals surface area contributed by atoms with Crippen molar-refractivity contribution in [2.45, 2.75) is 6.61 Å². The first kappa shape index (κ1) is 9.32. The lowest BCUT2D eigenvalue weighted by Crippen LogP contribution is -1.94. The minimum Gasteiger partial charge on any atom is -0.512 e. The lowest BCUT2D eigenvalue weighted by Gasteiger charge is -2.03. The van der Waals surface area contributed by atoms with Crippen LogP contribution in [0.25, 0.3) is 0 Å². The molecule has 0 aromatic heterocycles. The molecule has 0 saturated carbocycles. The predicted octanol–water partition coefficient (Wildman–Crippen LogP) is 1.80. The Balaban J connectivity index is 2.48. The molecule has 0 aliphatic rings. The van der Waals surface area contributed by atoms with E-state index in [1.807, 2.05) is 30.3 Å². The van der Waals surface area contributed by atoms with Crippen molar-refractivity contribution in [3.8, 4) is 0 Å². The summed E-state index contributed by atoms with van der Waals surface area (Å²) in [6.07, 6.45) is 1.11. The van der Waals surface area contributed by atoms with Crippen molar-refractivity contribution in [1.29, 1.82) is 0 Å². The number of carbonyl (C=O) groups excluding carboxylic acids is 1. The van der Waals surface area contributed by atoms with Crippen LogP contribution in [0.3, 0.4) is 0 Å². The van der Waals surface area contributed by atoms with Gasteiger partial charge in [0.05, 0.1) is 0 Å². The molecule has 0 heterocycles. The second kappa shape index (κ2) is 4.98. The third kappa shape index (κ3) is 2.99. The van der Waals surface area contributed by atoms with Crippen LogP contribution in [0.15, 0.2) is 42.4 Å². The van der Waals surface area contributed by atoms with Gasteiger partial charge in [-0.15, -0.1) is 0 Å². The summed E-state index contributed by atoms with van der Waals surface area (Å²) >= 11 is 0. The second-order valence-electron chi connectivity index (χ2n) is 2.42. The fraction of sp³-hybridized carbons (Fsp3) is 0.100. The van der Waals surface area contributed by atoms with Gasteiger partial charge >= 0.3 is 0 Å². The van der Waals surface area contributed by atoms with Gasteiger partial charge in [-0.2, -0.15) is 0 Å². The molecular formula is C10H10O3. The van der Waals surface area contributed by atoms with E-state index < -0.39 is 0 Å². The van der Waals surface area contributed by atoms with E-state index in [4.69, 9.17) is 9.84 Å². The Morgan fingerprint density at radius 2 is 2.08 bits per heavy atom. The molecule has 0 spiro atoms. The number of aliphatic hydroxyl groups excluding tert-OH is 1. The Morgan fingerprint density at radius 3 is 2.62 bits per heavy atom. The van der Waals surface area contributed by atoms with Crippen LogP contribution < -0.4 is 0 Å². The molecule has 0 aliphatic carbocycles. The lowest BCUT2D eigenvalue weighted by atomic mass is 10.2. The molecule has 0 bridgehead atoms. The summed E-state index contributed by atoms with van der Waals surface area (Å²) in [6, 6.07) is 9.40. The molecule has 1 aromatic rings. The maximum Gasteiger partial charge on any atom is 0.193 e. The van der Waals surface area contributed by atoms with Gasteiger partial charge in [-0.3, -0.25) is 4.79 Å². The van der Waals surface area contributed by atoms with E-state index in [0.29, 0.717) is 12.5 Å². The van der Waals surface area contributed by atoms with Gasteiger partial charge in [-0.25, -0.2) is 0 Å². The third-order valence-electron chi connectivity index (χ3n) is 1.49. The first-order valence-electron chi connectivity index (χ1n) is 3.83. The molecule has 0 unspecified atom stereocenters. The predicted molar refractivity (Wildman–Crippen MR) is 48.0 cm³/mol. The highest BCUT2D eigenvalue weighted by Gasteiger charge is 1.96. The Hall–Kier alpha value is -1.77. The van der Waals surface area contributed by atoms with Crippen LogP contribution in [-0.2, 0) is 16.1 Å². The van der Waals surface area contributed by atoms with E-state index >= 15 is 0 Å². The number of rotatable bonds is 4. The monoisotopic (exact) mass is 178 g/mol. The Kier molecular flexibility index (Phi) is 3.57. The highest BCUT2D eigenvalue weighted by Crippen LogP contribution is 2.03. The Labute approximate surface area is 76.3 Å². The summed E-state index contributed by atoms with van der Waals surface area (Å²) in [5, 5.41) is 8.49. The summed E-state index contributed by atoms with van der Waals surface area (Å²) in [7, 11) is 0.